The van der Waals surface area contributed by atoms with Gasteiger partial charge in [0.25, 0.3) is 5.69 Å². The summed E-state index contributed by atoms with van der Waals surface area (Å²) in [6, 6.07) is 4.02. The summed E-state index contributed by atoms with van der Waals surface area (Å²) in [5.74, 6) is 0. The summed E-state index contributed by atoms with van der Waals surface area (Å²) in [4.78, 5) is 33.2. The Balaban J connectivity index is 3.02. The van der Waals surface area contributed by atoms with E-state index in [0.717, 1.165) is 4.57 Å². The highest BCUT2D eigenvalue weighted by atomic mass is 16.6. The Morgan fingerprint density at radius 1 is 1.06 bits per heavy atom. The summed E-state index contributed by atoms with van der Waals surface area (Å²) < 4.78 is 2.30. The summed E-state index contributed by atoms with van der Waals surface area (Å²) >= 11 is 0. The third-order valence-electron chi connectivity index (χ3n) is 2.68. The minimum Gasteiger partial charge on any atom is -0.305 e. The van der Waals surface area contributed by atoms with Crippen LogP contribution in [-0.2, 0) is 14.1 Å². The Morgan fingerprint density at radius 2 is 1.59 bits per heavy atom. The van der Waals surface area contributed by atoms with Crippen LogP contribution in [0.5, 0.6) is 0 Å². The summed E-state index contributed by atoms with van der Waals surface area (Å²) in [6.07, 6.45) is 0. The predicted molar refractivity (Wildman–Crippen MR) is 61.1 cm³/mol. The molecule has 0 N–H and O–H groups in total. The minimum absolute atomic E-state index is 0.119. The number of nitrogens with zero attached hydrogens (tertiary/aromatic N) is 3. The molecule has 17 heavy (non-hydrogen) atoms. The van der Waals surface area contributed by atoms with Crippen molar-refractivity contribution in [2.45, 2.75) is 0 Å². The monoisotopic (exact) mass is 235 g/mol. The topological polar surface area (TPSA) is 87.1 Å². The Hall–Kier alpha value is -2.44. The lowest BCUT2D eigenvalue weighted by Crippen LogP contribution is -2.39. The van der Waals surface area contributed by atoms with Gasteiger partial charge in [-0.3, -0.25) is 19.7 Å². The van der Waals surface area contributed by atoms with Gasteiger partial charge in [-0.1, -0.05) is 0 Å². The van der Waals surface area contributed by atoms with E-state index in [0.29, 0.717) is 11.0 Å². The van der Waals surface area contributed by atoms with Gasteiger partial charge in [0.15, 0.2) is 0 Å². The lowest BCUT2D eigenvalue weighted by Gasteiger charge is -2.07. The lowest BCUT2D eigenvalue weighted by molar-refractivity contribution is -0.384. The van der Waals surface area contributed by atoms with Gasteiger partial charge in [-0.15, -0.1) is 0 Å². The summed E-state index contributed by atoms with van der Waals surface area (Å²) in [5.41, 5.74) is -0.658. The van der Waals surface area contributed by atoms with Crippen LogP contribution < -0.4 is 11.1 Å². The molecule has 7 heteroatoms. The van der Waals surface area contributed by atoms with Gasteiger partial charge in [-0.25, -0.2) is 0 Å². The average molecular weight is 235 g/mol. The van der Waals surface area contributed by atoms with E-state index in [4.69, 9.17) is 0 Å². The fourth-order valence-corrected chi connectivity index (χ4v) is 1.68. The first-order chi connectivity index (χ1) is 7.93. The first-order valence-corrected chi connectivity index (χ1v) is 4.77. The maximum atomic E-state index is 11.5. The number of hydrogen-bond acceptors (Lipinski definition) is 4. The van der Waals surface area contributed by atoms with E-state index < -0.39 is 16.0 Å². The fourth-order valence-electron chi connectivity index (χ4n) is 1.68. The maximum absolute atomic E-state index is 11.5. The van der Waals surface area contributed by atoms with E-state index in [2.05, 4.69) is 0 Å². The number of fused-ring (bicyclic) bond motifs is 1. The first-order valence-electron chi connectivity index (χ1n) is 4.77. The van der Waals surface area contributed by atoms with Crippen molar-refractivity contribution in [1.29, 1.82) is 0 Å². The summed E-state index contributed by atoms with van der Waals surface area (Å²) in [6.45, 7) is 0. The number of aryl methyl sites for hydroxylation is 2. The molecule has 0 amide bonds. The molecule has 2 rings (SSSR count). The summed E-state index contributed by atoms with van der Waals surface area (Å²) in [5, 5.41) is 10.6. The molecular weight excluding hydrogens is 226 g/mol. The number of hydrogen-bond donors (Lipinski definition) is 0. The van der Waals surface area contributed by atoms with E-state index in [1.807, 2.05) is 0 Å². The van der Waals surface area contributed by atoms with E-state index in [-0.39, 0.29) is 5.69 Å². The van der Waals surface area contributed by atoms with Crippen LogP contribution in [0.3, 0.4) is 0 Å². The van der Waals surface area contributed by atoms with Crippen molar-refractivity contribution in [3.8, 4) is 0 Å². The van der Waals surface area contributed by atoms with Crippen LogP contribution in [0.1, 0.15) is 0 Å². The van der Waals surface area contributed by atoms with Crippen molar-refractivity contribution in [3.63, 3.8) is 0 Å². The molecule has 0 fully saturated rings. The van der Waals surface area contributed by atoms with Gasteiger partial charge < -0.3 is 9.13 Å². The van der Waals surface area contributed by atoms with Gasteiger partial charge in [0.2, 0.25) is 0 Å². The van der Waals surface area contributed by atoms with Crippen molar-refractivity contribution in [2.75, 3.05) is 0 Å². The number of non-ortho nitro benzene ring substituents is 1. The van der Waals surface area contributed by atoms with Gasteiger partial charge in [-0.05, 0) is 6.07 Å². The molecule has 0 aliphatic heterocycles. The maximum Gasteiger partial charge on any atom is 0.316 e. The smallest absolute Gasteiger partial charge is 0.305 e. The average Bonchev–Trinajstić information content (AvgIpc) is 2.32. The SMILES string of the molecule is Cn1c(=O)c(=O)n(C)c2cc([N+](=O)[O-])ccc21. The Labute approximate surface area is 94.7 Å². The van der Waals surface area contributed by atoms with Gasteiger partial charge in [-0.2, -0.15) is 0 Å². The predicted octanol–water partition coefficient (Wildman–Crippen LogP) is 0.145. The van der Waals surface area contributed by atoms with Gasteiger partial charge in [0.1, 0.15) is 0 Å². The molecule has 0 saturated heterocycles. The third-order valence-corrected chi connectivity index (χ3v) is 2.68. The molecule has 7 nitrogen and oxygen atoms in total. The van der Waals surface area contributed by atoms with Crippen molar-refractivity contribution in [2.24, 2.45) is 14.1 Å². The molecule has 0 spiro atoms. The van der Waals surface area contributed by atoms with Gasteiger partial charge in [0.05, 0.1) is 16.0 Å². The number of rotatable bonds is 1. The molecule has 2 aromatic rings. The Bertz CT molecular complexity index is 742. The highest BCUT2D eigenvalue weighted by molar-refractivity contribution is 5.77. The van der Waals surface area contributed by atoms with E-state index in [9.17, 15) is 19.7 Å². The van der Waals surface area contributed by atoms with Gasteiger partial charge >= 0.3 is 11.1 Å². The van der Waals surface area contributed by atoms with Crippen LogP contribution in [0, 0.1) is 10.1 Å². The molecular formula is C10H9N3O4. The minimum atomic E-state index is -0.708. The molecule has 0 unspecified atom stereocenters. The van der Waals surface area contributed by atoms with E-state index in [1.165, 1.54) is 36.9 Å². The molecule has 1 heterocycles. The van der Waals surface area contributed by atoms with Crippen LogP contribution in [0.15, 0.2) is 27.8 Å². The van der Waals surface area contributed by atoms with E-state index in [1.54, 1.807) is 0 Å². The van der Waals surface area contributed by atoms with Crippen LogP contribution in [-0.4, -0.2) is 14.1 Å². The zero-order chi connectivity index (χ0) is 12.7. The van der Waals surface area contributed by atoms with Crippen LogP contribution in [0.4, 0.5) is 5.69 Å². The highest BCUT2D eigenvalue weighted by Crippen LogP contribution is 2.17. The molecule has 1 aromatic carbocycles. The van der Waals surface area contributed by atoms with Crippen LogP contribution >= 0.6 is 0 Å². The third kappa shape index (κ3) is 1.52. The zero-order valence-corrected chi connectivity index (χ0v) is 9.21. The number of aromatic nitrogens is 2. The Kier molecular flexibility index (Phi) is 2.31. The largest absolute Gasteiger partial charge is 0.316 e. The second kappa shape index (κ2) is 3.55. The quantitative estimate of drug-likeness (QED) is 0.399. The standard InChI is InChI=1S/C10H9N3O4/c1-11-7-4-3-6(13(16)17)5-8(7)12(2)10(15)9(11)14/h3-5H,1-2H3. The zero-order valence-electron chi connectivity index (χ0n) is 9.21. The van der Waals surface area contributed by atoms with Crippen LogP contribution in [0.25, 0.3) is 11.0 Å². The molecule has 1 aromatic heterocycles. The molecule has 0 aliphatic rings. The molecule has 0 saturated carbocycles. The lowest BCUT2D eigenvalue weighted by atomic mass is 10.2. The molecule has 0 bridgehead atoms. The van der Waals surface area contributed by atoms with Crippen molar-refractivity contribution >= 4 is 16.7 Å². The number of nitro groups is 1. The fraction of sp³-hybridized carbons (Fsp3) is 0.200. The van der Waals surface area contributed by atoms with Crippen LogP contribution in [0.2, 0.25) is 0 Å². The molecule has 0 radical (unpaired) electrons. The van der Waals surface area contributed by atoms with Crippen molar-refractivity contribution in [1.82, 2.24) is 9.13 Å². The second-order valence-electron chi connectivity index (χ2n) is 3.66. The number of benzene rings is 1. The van der Waals surface area contributed by atoms with Gasteiger partial charge in [0, 0.05) is 26.2 Å². The molecule has 0 atom stereocenters. The molecule has 0 aliphatic carbocycles. The highest BCUT2D eigenvalue weighted by Gasteiger charge is 2.12. The normalized spacial score (nSPS) is 10.7. The summed E-state index contributed by atoms with van der Waals surface area (Å²) in [7, 11) is 2.87. The Morgan fingerprint density at radius 3 is 2.12 bits per heavy atom. The molecule has 88 valence electrons. The first kappa shape index (κ1) is 11.1. The second-order valence-corrected chi connectivity index (χ2v) is 3.66. The number of nitro benzene ring substituents is 1. The van der Waals surface area contributed by atoms with Crippen molar-refractivity contribution < 1.29 is 4.92 Å². The van der Waals surface area contributed by atoms with Crippen molar-refractivity contribution in [3.05, 3.63) is 49.0 Å². The van der Waals surface area contributed by atoms with E-state index >= 15 is 0 Å².